The van der Waals surface area contributed by atoms with Crippen LogP contribution in [0.1, 0.15) is 42.2 Å². The monoisotopic (exact) mass is 402 g/mol. The molecule has 0 unspecified atom stereocenters. The molecule has 4 rings (SSSR count). The first-order valence-electron chi connectivity index (χ1n) is 9.56. The third-order valence-corrected chi connectivity index (χ3v) is 5.12. The molecule has 0 atom stereocenters. The van der Waals surface area contributed by atoms with Gasteiger partial charge >= 0.3 is 0 Å². The number of nitrogens with one attached hydrogen (secondary N) is 2. The molecule has 150 valence electrons. The number of benzene rings is 3. The van der Waals surface area contributed by atoms with Gasteiger partial charge in [-0.3, -0.25) is 14.4 Å². The van der Waals surface area contributed by atoms with Crippen LogP contribution >= 0.6 is 0 Å². The van der Waals surface area contributed by atoms with Crippen LogP contribution in [-0.4, -0.2) is 30.7 Å². The van der Waals surface area contributed by atoms with Crippen LogP contribution in [0.25, 0.3) is 11.1 Å². The highest BCUT2D eigenvalue weighted by atomic mass is 19.1. The lowest BCUT2D eigenvalue weighted by Crippen LogP contribution is -2.34. The van der Waals surface area contributed by atoms with E-state index in [1.54, 1.807) is 43.3 Å². The smallest absolute Gasteiger partial charge is 0.251 e. The molecule has 0 fully saturated rings. The first-order valence-corrected chi connectivity index (χ1v) is 9.56. The minimum absolute atomic E-state index is 0.0900. The number of carbonyl (C=O) groups is 3. The second-order valence-electron chi connectivity index (χ2n) is 7.11. The maximum atomic E-state index is 13.6. The molecule has 5 nitrogen and oxygen atoms in total. The average molecular weight is 402 g/mol. The molecular weight excluding hydrogens is 383 g/mol. The molecular formula is C24H19FN2O3. The minimum atomic E-state index is -0.440. The molecule has 2 amide bonds. The standard InChI is InChI=1S/C24H19FN2O3/c1-14-6-7-16(13-21(14)25)24(30)27-11-10-26-23(29)15-8-9-18-17-4-2-3-5-19(17)22(28)20(18)12-15/h2-9,12-13H,10-11H2,1H3,(H,26,29)(H,27,30). The van der Waals surface area contributed by atoms with Gasteiger partial charge in [0.25, 0.3) is 11.8 Å². The molecule has 1 aliphatic carbocycles. The van der Waals surface area contributed by atoms with Gasteiger partial charge in [-0.15, -0.1) is 0 Å². The van der Waals surface area contributed by atoms with E-state index in [1.165, 1.54) is 6.07 Å². The largest absolute Gasteiger partial charge is 0.350 e. The summed E-state index contributed by atoms with van der Waals surface area (Å²) < 4.78 is 13.6. The quantitative estimate of drug-likeness (QED) is 0.502. The molecule has 0 radical (unpaired) electrons. The van der Waals surface area contributed by atoms with E-state index in [1.807, 2.05) is 18.2 Å². The van der Waals surface area contributed by atoms with Crippen molar-refractivity contribution in [2.45, 2.75) is 6.92 Å². The number of amides is 2. The van der Waals surface area contributed by atoms with Crippen LogP contribution in [0.2, 0.25) is 0 Å². The Morgan fingerprint density at radius 1 is 0.767 bits per heavy atom. The predicted molar refractivity (Wildman–Crippen MR) is 111 cm³/mol. The molecule has 0 bridgehead atoms. The number of rotatable bonds is 5. The number of halogens is 1. The van der Waals surface area contributed by atoms with E-state index in [-0.39, 0.29) is 30.3 Å². The van der Waals surface area contributed by atoms with E-state index in [9.17, 15) is 18.8 Å². The lowest BCUT2D eigenvalue weighted by molar-refractivity contribution is 0.0927. The Morgan fingerprint density at radius 2 is 1.33 bits per heavy atom. The van der Waals surface area contributed by atoms with E-state index >= 15 is 0 Å². The molecule has 0 heterocycles. The second kappa shape index (κ2) is 7.91. The summed E-state index contributed by atoms with van der Waals surface area (Å²) in [5.41, 5.74) is 3.92. The fraction of sp³-hybridized carbons (Fsp3) is 0.125. The van der Waals surface area contributed by atoms with Crippen LogP contribution < -0.4 is 10.6 Å². The predicted octanol–water partition coefficient (Wildman–Crippen LogP) is 3.51. The van der Waals surface area contributed by atoms with Crippen LogP contribution in [0.5, 0.6) is 0 Å². The zero-order chi connectivity index (χ0) is 21.3. The van der Waals surface area contributed by atoms with Gasteiger partial charge in [0, 0.05) is 35.3 Å². The zero-order valence-corrected chi connectivity index (χ0v) is 16.3. The minimum Gasteiger partial charge on any atom is -0.350 e. The van der Waals surface area contributed by atoms with Crippen LogP contribution in [0.3, 0.4) is 0 Å². The van der Waals surface area contributed by atoms with Crippen molar-refractivity contribution in [1.29, 1.82) is 0 Å². The Morgan fingerprint density at radius 3 is 2.00 bits per heavy atom. The topological polar surface area (TPSA) is 75.3 Å². The molecule has 0 aromatic heterocycles. The molecule has 0 saturated heterocycles. The summed E-state index contributed by atoms with van der Waals surface area (Å²) in [6.07, 6.45) is 0. The van der Waals surface area contributed by atoms with Gasteiger partial charge in [-0.05, 0) is 47.9 Å². The van der Waals surface area contributed by atoms with Gasteiger partial charge < -0.3 is 10.6 Å². The van der Waals surface area contributed by atoms with Gasteiger partial charge in [-0.2, -0.15) is 0 Å². The van der Waals surface area contributed by atoms with Crippen LogP contribution in [-0.2, 0) is 0 Å². The second-order valence-corrected chi connectivity index (χ2v) is 7.11. The Labute approximate surface area is 172 Å². The number of hydrogen-bond acceptors (Lipinski definition) is 3. The Hall–Kier alpha value is -3.80. The Kier molecular flexibility index (Phi) is 5.14. The SMILES string of the molecule is Cc1ccc(C(=O)NCCNC(=O)c2ccc3c(c2)C(=O)c2ccccc2-3)cc1F. The van der Waals surface area contributed by atoms with Gasteiger partial charge in [0.05, 0.1) is 0 Å². The van der Waals surface area contributed by atoms with E-state index in [2.05, 4.69) is 10.6 Å². The van der Waals surface area contributed by atoms with Crippen molar-refractivity contribution in [3.05, 3.63) is 94.3 Å². The molecule has 0 aliphatic heterocycles. The summed E-state index contributed by atoms with van der Waals surface area (Å²) >= 11 is 0. The fourth-order valence-corrected chi connectivity index (χ4v) is 3.46. The number of carbonyl (C=O) groups excluding carboxylic acids is 3. The van der Waals surface area contributed by atoms with E-state index < -0.39 is 11.7 Å². The van der Waals surface area contributed by atoms with Crippen molar-refractivity contribution in [2.24, 2.45) is 0 Å². The maximum absolute atomic E-state index is 13.6. The molecule has 30 heavy (non-hydrogen) atoms. The first kappa shape index (κ1) is 19.5. The average Bonchev–Trinajstić information content (AvgIpc) is 3.05. The molecule has 2 N–H and O–H groups in total. The number of hydrogen-bond donors (Lipinski definition) is 2. The van der Waals surface area contributed by atoms with Gasteiger partial charge in [0.2, 0.25) is 0 Å². The molecule has 0 spiro atoms. The van der Waals surface area contributed by atoms with Gasteiger partial charge in [-0.1, -0.05) is 36.4 Å². The Balaban J connectivity index is 1.35. The van der Waals surface area contributed by atoms with Crippen molar-refractivity contribution >= 4 is 17.6 Å². The summed E-state index contributed by atoms with van der Waals surface area (Å²) in [5, 5.41) is 5.35. The highest BCUT2D eigenvalue weighted by Crippen LogP contribution is 2.36. The van der Waals surface area contributed by atoms with Crippen LogP contribution in [0, 0.1) is 12.7 Å². The van der Waals surface area contributed by atoms with Gasteiger partial charge in [-0.25, -0.2) is 4.39 Å². The van der Waals surface area contributed by atoms with E-state index in [4.69, 9.17) is 0 Å². The summed E-state index contributed by atoms with van der Waals surface area (Å²) in [6, 6.07) is 16.7. The highest BCUT2D eigenvalue weighted by molar-refractivity contribution is 6.22. The van der Waals surface area contributed by atoms with Crippen molar-refractivity contribution in [1.82, 2.24) is 10.6 Å². The molecule has 6 heteroatoms. The lowest BCUT2D eigenvalue weighted by Gasteiger charge is -2.09. The van der Waals surface area contributed by atoms with E-state index in [0.717, 1.165) is 11.1 Å². The summed E-state index contributed by atoms with van der Waals surface area (Å²) in [6.45, 7) is 2.01. The molecule has 1 aliphatic rings. The van der Waals surface area contributed by atoms with E-state index in [0.29, 0.717) is 22.3 Å². The number of fused-ring (bicyclic) bond motifs is 3. The third kappa shape index (κ3) is 3.59. The number of aryl methyl sites for hydroxylation is 1. The normalized spacial score (nSPS) is 11.6. The zero-order valence-electron chi connectivity index (χ0n) is 16.3. The van der Waals surface area contributed by atoms with Crippen LogP contribution in [0.4, 0.5) is 4.39 Å². The highest BCUT2D eigenvalue weighted by Gasteiger charge is 2.26. The maximum Gasteiger partial charge on any atom is 0.251 e. The fourth-order valence-electron chi connectivity index (χ4n) is 3.46. The van der Waals surface area contributed by atoms with Gasteiger partial charge in [0.15, 0.2) is 5.78 Å². The lowest BCUT2D eigenvalue weighted by atomic mass is 10.0. The first-order chi connectivity index (χ1) is 14.5. The van der Waals surface area contributed by atoms with Gasteiger partial charge in [0.1, 0.15) is 5.82 Å². The summed E-state index contributed by atoms with van der Waals surface area (Å²) in [4.78, 5) is 37.1. The van der Waals surface area contributed by atoms with Crippen LogP contribution in [0.15, 0.2) is 60.7 Å². The van der Waals surface area contributed by atoms with Crippen molar-refractivity contribution in [3.63, 3.8) is 0 Å². The third-order valence-electron chi connectivity index (χ3n) is 5.12. The summed E-state index contributed by atoms with van der Waals surface area (Å²) in [7, 11) is 0. The van der Waals surface area contributed by atoms with Crippen molar-refractivity contribution in [2.75, 3.05) is 13.1 Å². The molecule has 3 aromatic carbocycles. The Bertz CT molecular complexity index is 1190. The number of ketones is 1. The molecule has 3 aromatic rings. The van der Waals surface area contributed by atoms with Crippen molar-refractivity contribution in [3.8, 4) is 11.1 Å². The molecule has 0 saturated carbocycles. The van der Waals surface area contributed by atoms with Crippen molar-refractivity contribution < 1.29 is 18.8 Å². The summed E-state index contributed by atoms with van der Waals surface area (Å²) in [5.74, 6) is -1.28.